The van der Waals surface area contributed by atoms with Gasteiger partial charge in [-0.2, -0.15) is 0 Å². The Morgan fingerprint density at radius 1 is 1.00 bits per heavy atom. The fourth-order valence-corrected chi connectivity index (χ4v) is 2.13. The zero-order valence-electron chi connectivity index (χ0n) is 12.5. The molecule has 0 unspecified atom stereocenters. The molecule has 18 heavy (non-hydrogen) atoms. The number of aryl methyl sites for hydroxylation is 1. The molecule has 1 heterocycles. The first-order valence-corrected chi connectivity index (χ1v) is 7.47. The van der Waals surface area contributed by atoms with Gasteiger partial charge in [0, 0.05) is 12.7 Å². The highest BCUT2D eigenvalue weighted by Gasteiger charge is 2.02. The monoisotopic (exact) mass is 251 g/mol. The number of aromatic nitrogens is 3. The van der Waals surface area contributed by atoms with Crippen molar-refractivity contribution in [2.45, 2.75) is 72.8 Å². The van der Waals surface area contributed by atoms with Crippen LogP contribution in [0.1, 0.15) is 65.5 Å². The van der Waals surface area contributed by atoms with E-state index in [-0.39, 0.29) is 0 Å². The van der Waals surface area contributed by atoms with E-state index in [1.165, 1.54) is 32.1 Å². The molecule has 0 N–H and O–H groups in total. The smallest absolute Gasteiger partial charge is 0.0827 e. The summed E-state index contributed by atoms with van der Waals surface area (Å²) in [6.45, 7) is 9.98. The molecular formula is C15H29N3. The molecule has 0 bridgehead atoms. The molecule has 0 fully saturated rings. The lowest BCUT2D eigenvalue weighted by Crippen LogP contribution is -2.04. The third kappa shape index (κ3) is 6.77. The summed E-state index contributed by atoms with van der Waals surface area (Å²) in [5, 5.41) is 8.39. The van der Waals surface area contributed by atoms with Gasteiger partial charge in [0.2, 0.25) is 0 Å². The third-order valence-corrected chi connectivity index (χ3v) is 3.10. The van der Waals surface area contributed by atoms with Gasteiger partial charge in [-0.3, -0.25) is 4.68 Å². The van der Waals surface area contributed by atoms with Crippen molar-refractivity contribution in [3.8, 4) is 0 Å². The van der Waals surface area contributed by atoms with Gasteiger partial charge in [0.15, 0.2) is 0 Å². The van der Waals surface area contributed by atoms with Gasteiger partial charge in [0.1, 0.15) is 0 Å². The highest BCUT2D eigenvalue weighted by atomic mass is 15.4. The summed E-state index contributed by atoms with van der Waals surface area (Å²) in [6, 6.07) is 0. The van der Waals surface area contributed by atoms with Crippen molar-refractivity contribution in [2.75, 3.05) is 0 Å². The number of unbranched alkanes of at least 4 members (excludes halogenated alkanes) is 3. The van der Waals surface area contributed by atoms with Crippen LogP contribution in [0.15, 0.2) is 6.20 Å². The van der Waals surface area contributed by atoms with E-state index in [0.29, 0.717) is 5.92 Å². The van der Waals surface area contributed by atoms with E-state index < -0.39 is 0 Å². The Morgan fingerprint density at radius 2 is 1.72 bits per heavy atom. The van der Waals surface area contributed by atoms with Crippen LogP contribution in [0, 0.1) is 11.8 Å². The lowest BCUT2D eigenvalue weighted by molar-refractivity contribution is 0.472. The highest BCUT2D eigenvalue weighted by Crippen LogP contribution is 2.11. The van der Waals surface area contributed by atoms with Gasteiger partial charge >= 0.3 is 0 Å². The maximum atomic E-state index is 4.23. The largest absolute Gasteiger partial charge is 0.252 e. The summed E-state index contributed by atoms with van der Waals surface area (Å²) in [5.74, 6) is 1.48. The van der Waals surface area contributed by atoms with Gasteiger partial charge in [-0.15, -0.1) is 5.10 Å². The Labute approximate surface area is 112 Å². The first-order chi connectivity index (χ1) is 8.58. The fourth-order valence-electron chi connectivity index (χ4n) is 2.13. The molecule has 0 aliphatic carbocycles. The van der Waals surface area contributed by atoms with E-state index in [1.807, 2.05) is 4.68 Å². The molecule has 1 rings (SSSR count). The molecule has 0 radical (unpaired) electrons. The predicted octanol–water partition coefficient (Wildman–Crippen LogP) is 4.08. The minimum atomic E-state index is 0.635. The average molecular weight is 251 g/mol. The normalized spacial score (nSPS) is 11.7. The molecule has 0 spiro atoms. The number of rotatable bonds is 9. The van der Waals surface area contributed by atoms with E-state index in [9.17, 15) is 0 Å². The number of hydrogen-bond acceptors (Lipinski definition) is 2. The minimum absolute atomic E-state index is 0.635. The van der Waals surface area contributed by atoms with Gasteiger partial charge in [-0.05, 0) is 24.7 Å². The second-order valence-corrected chi connectivity index (χ2v) is 6.17. The van der Waals surface area contributed by atoms with E-state index >= 15 is 0 Å². The van der Waals surface area contributed by atoms with Crippen molar-refractivity contribution in [1.29, 1.82) is 0 Å². The second kappa shape index (κ2) is 8.28. The van der Waals surface area contributed by atoms with Crippen molar-refractivity contribution in [3.05, 3.63) is 11.9 Å². The van der Waals surface area contributed by atoms with E-state index in [1.54, 1.807) is 0 Å². The van der Waals surface area contributed by atoms with Crippen molar-refractivity contribution in [3.63, 3.8) is 0 Å². The number of nitrogens with zero attached hydrogens (tertiary/aromatic N) is 3. The highest BCUT2D eigenvalue weighted by molar-refractivity contribution is 4.92. The molecule has 0 amide bonds. The molecule has 3 heteroatoms. The van der Waals surface area contributed by atoms with Crippen molar-refractivity contribution < 1.29 is 0 Å². The molecule has 0 aliphatic rings. The van der Waals surface area contributed by atoms with Crippen molar-refractivity contribution in [1.82, 2.24) is 15.0 Å². The Bertz CT molecular complexity index is 315. The summed E-state index contributed by atoms with van der Waals surface area (Å²) in [4.78, 5) is 0. The Hall–Kier alpha value is -0.860. The zero-order chi connectivity index (χ0) is 13.4. The van der Waals surface area contributed by atoms with Crippen molar-refractivity contribution in [2.24, 2.45) is 11.8 Å². The van der Waals surface area contributed by atoms with Crippen LogP contribution >= 0.6 is 0 Å². The van der Waals surface area contributed by atoms with E-state index in [2.05, 4.69) is 44.2 Å². The van der Waals surface area contributed by atoms with Gasteiger partial charge in [0.05, 0.1) is 5.69 Å². The quantitative estimate of drug-likeness (QED) is 0.619. The van der Waals surface area contributed by atoms with Gasteiger partial charge in [-0.25, -0.2) is 0 Å². The van der Waals surface area contributed by atoms with Crippen LogP contribution in [0.25, 0.3) is 0 Å². The maximum Gasteiger partial charge on any atom is 0.0827 e. The van der Waals surface area contributed by atoms with Crippen LogP contribution in [0.3, 0.4) is 0 Å². The molecule has 0 aliphatic heterocycles. The Balaban J connectivity index is 2.10. The molecule has 0 saturated heterocycles. The molecule has 0 atom stereocenters. The average Bonchev–Trinajstić information content (AvgIpc) is 2.69. The molecule has 0 saturated carbocycles. The molecule has 1 aromatic heterocycles. The molecular weight excluding hydrogens is 222 g/mol. The van der Waals surface area contributed by atoms with Crippen LogP contribution < -0.4 is 0 Å². The summed E-state index contributed by atoms with van der Waals surface area (Å²) >= 11 is 0. The van der Waals surface area contributed by atoms with Crippen molar-refractivity contribution >= 4 is 0 Å². The zero-order valence-corrected chi connectivity index (χ0v) is 12.5. The van der Waals surface area contributed by atoms with E-state index in [4.69, 9.17) is 0 Å². The van der Waals surface area contributed by atoms with Crippen LogP contribution in [0.5, 0.6) is 0 Å². The lowest BCUT2D eigenvalue weighted by atomic mass is 10.0. The van der Waals surface area contributed by atoms with Crippen LogP contribution in [0.2, 0.25) is 0 Å². The Morgan fingerprint density at radius 3 is 2.39 bits per heavy atom. The van der Waals surface area contributed by atoms with Gasteiger partial charge < -0.3 is 0 Å². The van der Waals surface area contributed by atoms with Crippen LogP contribution in [0.4, 0.5) is 0 Å². The SMILES string of the molecule is CC(C)CCCCCCc1cn(CC(C)C)nn1. The second-order valence-electron chi connectivity index (χ2n) is 6.17. The molecule has 1 aromatic rings. The topological polar surface area (TPSA) is 30.7 Å². The molecule has 104 valence electrons. The maximum absolute atomic E-state index is 4.23. The van der Waals surface area contributed by atoms with Crippen LogP contribution in [-0.2, 0) is 13.0 Å². The van der Waals surface area contributed by atoms with Crippen LogP contribution in [-0.4, -0.2) is 15.0 Å². The summed E-state index contributed by atoms with van der Waals surface area (Å²) < 4.78 is 1.97. The summed E-state index contributed by atoms with van der Waals surface area (Å²) in [5.41, 5.74) is 1.15. The van der Waals surface area contributed by atoms with Gasteiger partial charge in [-0.1, -0.05) is 58.6 Å². The predicted molar refractivity (Wildman–Crippen MR) is 76.5 cm³/mol. The molecule has 0 aromatic carbocycles. The third-order valence-electron chi connectivity index (χ3n) is 3.10. The first-order valence-electron chi connectivity index (χ1n) is 7.47. The number of hydrogen-bond donors (Lipinski definition) is 0. The molecule has 3 nitrogen and oxygen atoms in total. The summed E-state index contributed by atoms with van der Waals surface area (Å²) in [7, 11) is 0. The minimum Gasteiger partial charge on any atom is -0.252 e. The first kappa shape index (κ1) is 15.2. The lowest BCUT2D eigenvalue weighted by Gasteiger charge is -2.03. The standard InChI is InChI=1S/C15H29N3/c1-13(2)9-7-5-6-8-10-15-12-18(17-16-15)11-14(3)4/h12-14H,5-11H2,1-4H3. The summed E-state index contributed by atoms with van der Waals surface area (Å²) in [6.07, 6.45) is 9.86. The fraction of sp³-hybridized carbons (Fsp3) is 0.867. The van der Waals surface area contributed by atoms with Gasteiger partial charge in [0.25, 0.3) is 0 Å². The Kier molecular flexibility index (Phi) is 6.99. The van der Waals surface area contributed by atoms with E-state index in [0.717, 1.165) is 24.6 Å².